The zero-order valence-electron chi connectivity index (χ0n) is 8.76. The van der Waals surface area contributed by atoms with Crippen LogP contribution >= 0.6 is 0 Å². The number of ether oxygens (including phenoxy) is 1. The first-order valence-electron chi connectivity index (χ1n) is 5.34. The minimum atomic E-state index is -0.0766. The standard InChI is InChI=1S/C12H16NO2/c14-9-12-10-15-7-6-13(12)8-11-4-2-1-3-5-11/h1-5,12H,6-10H2. The lowest BCUT2D eigenvalue weighted by atomic mass is 10.1. The third kappa shape index (κ3) is 2.78. The van der Waals surface area contributed by atoms with Crippen molar-refractivity contribution in [2.75, 3.05) is 26.4 Å². The molecule has 3 heteroatoms. The van der Waals surface area contributed by atoms with Gasteiger partial charge in [-0.05, 0) is 5.56 Å². The van der Waals surface area contributed by atoms with Crippen molar-refractivity contribution in [2.24, 2.45) is 0 Å². The predicted octanol–water partition coefficient (Wildman–Crippen LogP) is 1.32. The van der Waals surface area contributed by atoms with E-state index in [1.54, 1.807) is 0 Å². The largest absolute Gasteiger partial charge is 0.378 e. The smallest absolute Gasteiger partial charge is 0.1000 e. The summed E-state index contributed by atoms with van der Waals surface area (Å²) in [6, 6.07) is 10.3. The molecule has 3 nitrogen and oxygen atoms in total. The SMILES string of the molecule is [O]CC1COCCN1Cc1ccccc1. The lowest BCUT2D eigenvalue weighted by molar-refractivity contribution is -0.0428. The summed E-state index contributed by atoms with van der Waals surface area (Å²) in [6.07, 6.45) is 0. The van der Waals surface area contributed by atoms with Crippen LogP contribution in [0.3, 0.4) is 0 Å². The van der Waals surface area contributed by atoms with Gasteiger partial charge in [-0.2, -0.15) is 0 Å². The molecule has 0 spiro atoms. The van der Waals surface area contributed by atoms with E-state index in [4.69, 9.17) is 4.74 Å². The quantitative estimate of drug-likeness (QED) is 0.747. The van der Waals surface area contributed by atoms with Crippen LogP contribution in [-0.2, 0) is 16.4 Å². The van der Waals surface area contributed by atoms with Gasteiger partial charge in [0, 0.05) is 13.1 Å². The molecule has 1 aromatic rings. The summed E-state index contributed by atoms with van der Waals surface area (Å²) >= 11 is 0. The van der Waals surface area contributed by atoms with Gasteiger partial charge in [0.1, 0.15) is 0 Å². The van der Waals surface area contributed by atoms with Crippen molar-refractivity contribution >= 4 is 0 Å². The van der Waals surface area contributed by atoms with E-state index in [9.17, 15) is 5.11 Å². The first-order valence-corrected chi connectivity index (χ1v) is 5.34. The number of rotatable bonds is 3. The maximum atomic E-state index is 11.0. The second-order valence-corrected chi connectivity index (χ2v) is 3.85. The van der Waals surface area contributed by atoms with Gasteiger partial charge in [-0.3, -0.25) is 4.90 Å². The maximum absolute atomic E-state index is 11.0. The Hall–Kier alpha value is -0.900. The highest BCUT2D eigenvalue weighted by molar-refractivity contribution is 5.14. The molecule has 81 valence electrons. The van der Waals surface area contributed by atoms with Crippen molar-refractivity contribution in [3.05, 3.63) is 35.9 Å². The van der Waals surface area contributed by atoms with Crippen LogP contribution in [0.15, 0.2) is 30.3 Å². The Morgan fingerprint density at radius 3 is 2.87 bits per heavy atom. The molecule has 0 amide bonds. The average Bonchev–Trinajstić information content (AvgIpc) is 2.31. The number of nitrogens with zero attached hydrogens (tertiary/aromatic N) is 1. The molecule has 1 aliphatic rings. The van der Waals surface area contributed by atoms with Crippen LogP contribution in [0.1, 0.15) is 5.56 Å². The number of hydrogen-bond donors (Lipinski definition) is 0. The van der Waals surface area contributed by atoms with Crippen molar-refractivity contribution in [1.29, 1.82) is 0 Å². The summed E-state index contributed by atoms with van der Waals surface area (Å²) in [7, 11) is 0. The van der Waals surface area contributed by atoms with Gasteiger partial charge in [0.25, 0.3) is 0 Å². The monoisotopic (exact) mass is 206 g/mol. The fraction of sp³-hybridized carbons (Fsp3) is 0.500. The molecule has 0 aliphatic carbocycles. The van der Waals surface area contributed by atoms with E-state index in [2.05, 4.69) is 17.0 Å². The summed E-state index contributed by atoms with van der Waals surface area (Å²) < 4.78 is 5.30. The first kappa shape index (κ1) is 10.6. The van der Waals surface area contributed by atoms with E-state index in [1.807, 2.05) is 18.2 Å². The highest BCUT2D eigenvalue weighted by Crippen LogP contribution is 2.11. The Morgan fingerprint density at radius 2 is 2.13 bits per heavy atom. The topological polar surface area (TPSA) is 32.4 Å². The van der Waals surface area contributed by atoms with Crippen LogP contribution in [0, 0.1) is 0 Å². The molecule has 1 fully saturated rings. The van der Waals surface area contributed by atoms with Crippen molar-refractivity contribution < 1.29 is 9.84 Å². The van der Waals surface area contributed by atoms with Crippen LogP contribution in [-0.4, -0.2) is 37.3 Å². The molecule has 0 bridgehead atoms. The van der Waals surface area contributed by atoms with E-state index in [0.29, 0.717) is 6.61 Å². The van der Waals surface area contributed by atoms with E-state index >= 15 is 0 Å². The molecule has 0 N–H and O–H groups in total. The van der Waals surface area contributed by atoms with Crippen LogP contribution in [0.5, 0.6) is 0 Å². The molecule has 0 aromatic heterocycles. The van der Waals surface area contributed by atoms with E-state index < -0.39 is 0 Å². The minimum absolute atomic E-state index is 0.0407. The molecule has 1 heterocycles. The minimum Gasteiger partial charge on any atom is -0.378 e. The average molecular weight is 206 g/mol. The van der Waals surface area contributed by atoms with Crippen molar-refractivity contribution in [2.45, 2.75) is 12.6 Å². The summed E-state index contributed by atoms with van der Waals surface area (Å²) in [5, 5.41) is 11.0. The number of hydrogen-bond acceptors (Lipinski definition) is 2. The zero-order chi connectivity index (χ0) is 10.5. The molecule has 0 saturated carbocycles. The third-order valence-corrected chi connectivity index (χ3v) is 2.77. The Bertz CT molecular complexity index is 289. The van der Waals surface area contributed by atoms with Gasteiger partial charge in [-0.1, -0.05) is 30.3 Å². The van der Waals surface area contributed by atoms with Crippen LogP contribution in [0.4, 0.5) is 0 Å². The van der Waals surface area contributed by atoms with E-state index in [-0.39, 0.29) is 12.6 Å². The normalized spacial score (nSPS) is 22.9. The van der Waals surface area contributed by atoms with Crippen LogP contribution in [0.2, 0.25) is 0 Å². The van der Waals surface area contributed by atoms with Gasteiger partial charge < -0.3 is 4.74 Å². The molecule has 1 saturated heterocycles. The van der Waals surface area contributed by atoms with Gasteiger partial charge in [0.2, 0.25) is 0 Å². The van der Waals surface area contributed by atoms with Crippen LogP contribution < -0.4 is 0 Å². The second kappa shape index (κ2) is 5.26. The first-order chi connectivity index (χ1) is 7.40. The van der Waals surface area contributed by atoms with Crippen LogP contribution in [0.25, 0.3) is 0 Å². The summed E-state index contributed by atoms with van der Waals surface area (Å²) in [4.78, 5) is 2.21. The Kier molecular flexibility index (Phi) is 3.72. The molecule has 1 radical (unpaired) electrons. The fourth-order valence-corrected chi connectivity index (χ4v) is 1.87. The van der Waals surface area contributed by atoms with E-state index in [1.165, 1.54) is 5.56 Å². The molecule has 2 rings (SSSR count). The fourth-order valence-electron chi connectivity index (χ4n) is 1.87. The Labute approximate surface area is 90.3 Å². The number of benzene rings is 1. The summed E-state index contributed by atoms with van der Waals surface area (Å²) in [5.41, 5.74) is 1.26. The highest BCUT2D eigenvalue weighted by atomic mass is 16.5. The van der Waals surface area contributed by atoms with Crippen molar-refractivity contribution in [3.8, 4) is 0 Å². The van der Waals surface area contributed by atoms with Gasteiger partial charge in [-0.25, -0.2) is 5.11 Å². The van der Waals surface area contributed by atoms with Gasteiger partial charge in [0.15, 0.2) is 0 Å². The predicted molar refractivity (Wildman–Crippen MR) is 57.0 cm³/mol. The van der Waals surface area contributed by atoms with Crippen molar-refractivity contribution in [3.63, 3.8) is 0 Å². The molecule has 15 heavy (non-hydrogen) atoms. The maximum Gasteiger partial charge on any atom is 0.1000 e. The van der Waals surface area contributed by atoms with Gasteiger partial charge in [0.05, 0.1) is 25.9 Å². The second-order valence-electron chi connectivity index (χ2n) is 3.85. The molecule has 1 atom stereocenters. The molecule has 1 aromatic carbocycles. The molecular formula is C12H16NO2. The van der Waals surface area contributed by atoms with Gasteiger partial charge >= 0.3 is 0 Å². The molecular weight excluding hydrogens is 190 g/mol. The lowest BCUT2D eigenvalue weighted by Crippen LogP contribution is -2.46. The highest BCUT2D eigenvalue weighted by Gasteiger charge is 2.22. The zero-order valence-corrected chi connectivity index (χ0v) is 8.76. The van der Waals surface area contributed by atoms with E-state index in [0.717, 1.165) is 19.7 Å². The summed E-state index contributed by atoms with van der Waals surface area (Å²) in [5.74, 6) is 0. The van der Waals surface area contributed by atoms with Gasteiger partial charge in [-0.15, -0.1) is 0 Å². The Balaban J connectivity index is 1.97. The number of morpholine rings is 1. The Morgan fingerprint density at radius 1 is 1.33 bits per heavy atom. The molecule has 1 aliphatic heterocycles. The molecule has 1 unspecified atom stereocenters. The lowest BCUT2D eigenvalue weighted by Gasteiger charge is -2.33. The van der Waals surface area contributed by atoms with Crippen molar-refractivity contribution in [1.82, 2.24) is 4.90 Å². The summed E-state index contributed by atoms with van der Waals surface area (Å²) in [6.45, 7) is 2.96. The third-order valence-electron chi connectivity index (χ3n) is 2.77.